The van der Waals surface area contributed by atoms with E-state index in [4.69, 9.17) is 4.74 Å². The van der Waals surface area contributed by atoms with Crippen LogP contribution in [0.2, 0.25) is 0 Å². The first-order chi connectivity index (χ1) is 17.1. The summed E-state index contributed by atoms with van der Waals surface area (Å²) in [4.78, 5) is 17.1. The van der Waals surface area contributed by atoms with E-state index in [1.165, 1.54) is 33.5 Å². The molecule has 0 bridgehead atoms. The molecule has 2 aromatic carbocycles. The summed E-state index contributed by atoms with van der Waals surface area (Å²) >= 11 is 1.85. The number of carbonyl (C=O) groups is 1. The van der Waals surface area contributed by atoms with Crippen LogP contribution in [0, 0.1) is 5.82 Å². The van der Waals surface area contributed by atoms with E-state index in [-0.39, 0.29) is 17.8 Å². The van der Waals surface area contributed by atoms with Gasteiger partial charge in [-0.05, 0) is 73.2 Å². The highest BCUT2D eigenvalue weighted by molar-refractivity contribution is 7.15. The molecule has 1 aliphatic heterocycles. The zero-order valence-electron chi connectivity index (χ0n) is 19.5. The van der Waals surface area contributed by atoms with Crippen molar-refractivity contribution in [1.29, 1.82) is 0 Å². The first kappa shape index (κ1) is 21.9. The summed E-state index contributed by atoms with van der Waals surface area (Å²) < 4.78 is 22.1. The molecule has 7 heteroatoms. The molecule has 5 nitrogen and oxygen atoms in total. The fourth-order valence-electron chi connectivity index (χ4n) is 5.27. The van der Waals surface area contributed by atoms with Gasteiger partial charge in [0.2, 0.25) is 0 Å². The molecule has 0 unspecified atom stereocenters. The average molecular weight is 488 g/mol. The minimum atomic E-state index is -0.450. The molecule has 35 heavy (non-hydrogen) atoms. The molecule has 0 radical (unpaired) electrons. The van der Waals surface area contributed by atoms with E-state index < -0.39 is 5.82 Å². The zero-order valence-corrected chi connectivity index (χ0v) is 20.3. The third-order valence-corrected chi connectivity index (χ3v) is 8.32. The highest BCUT2D eigenvalue weighted by Gasteiger charge is 2.36. The number of halogens is 1. The molecule has 2 aromatic heterocycles. The number of rotatable bonds is 3. The lowest BCUT2D eigenvalue weighted by atomic mass is 9.95. The van der Waals surface area contributed by atoms with E-state index in [2.05, 4.69) is 22.1 Å². The van der Waals surface area contributed by atoms with E-state index in [0.717, 1.165) is 36.3 Å². The lowest BCUT2D eigenvalue weighted by molar-refractivity contribution is 0.194. The van der Waals surface area contributed by atoms with Gasteiger partial charge in [0.05, 0.1) is 31.1 Å². The second-order valence-corrected chi connectivity index (χ2v) is 10.1. The predicted octanol–water partition coefficient (Wildman–Crippen LogP) is 6.70. The van der Waals surface area contributed by atoms with Gasteiger partial charge in [0.25, 0.3) is 0 Å². The van der Waals surface area contributed by atoms with Crippen molar-refractivity contribution in [1.82, 2.24) is 9.47 Å². The predicted molar refractivity (Wildman–Crippen MR) is 136 cm³/mol. The van der Waals surface area contributed by atoms with E-state index in [0.29, 0.717) is 6.54 Å². The Morgan fingerprint density at radius 2 is 1.83 bits per heavy atom. The smallest absolute Gasteiger partial charge is 0.323 e. The van der Waals surface area contributed by atoms with Gasteiger partial charge < -0.3 is 19.5 Å². The first-order valence-electron chi connectivity index (χ1n) is 11.9. The van der Waals surface area contributed by atoms with Gasteiger partial charge in [-0.25, -0.2) is 9.18 Å². The number of carbonyl (C=O) groups excluding carboxylic acids is 1. The number of fused-ring (bicyclic) bond motifs is 5. The van der Waals surface area contributed by atoms with Crippen LogP contribution in [-0.2, 0) is 19.4 Å². The summed E-state index contributed by atoms with van der Waals surface area (Å²) in [6.45, 7) is 0.458. The van der Waals surface area contributed by atoms with Crippen molar-refractivity contribution in [2.75, 3.05) is 12.4 Å². The molecule has 178 valence electrons. The monoisotopic (exact) mass is 487 g/mol. The molecule has 0 saturated carbocycles. The van der Waals surface area contributed by atoms with Crippen molar-refractivity contribution in [3.63, 3.8) is 0 Å². The van der Waals surface area contributed by atoms with E-state index in [9.17, 15) is 9.18 Å². The fourth-order valence-corrected chi connectivity index (χ4v) is 6.68. The molecule has 3 heterocycles. The number of methoxy groups -OCH3 is 1. The van der Waals surface area contributed by atoms with Gasteiger partial charge in [-0.2, -0.15) is 0 Å². The Morgan fingerprint density at radius 1 is 1.03 bits per heavy atom. The SMILES string of the molecule is COc1ccc([C@H]2c3cccn3-c3sc4c(c3CN2C(=O)Nc2ccccc2F)CCCC4)cc1. The maximum atomic E-state index is 14.5. The molecular formula is C28H26FN3O2S. The lowest BCUT2D eigenvalue weighted by Crippen LogP contribution is -2.38. The van der Waals surface area contributed by atoms with Crippen LogP contribution < -0.4 is 10.1 Å². The molecule has 4 aromatic rings. The Balaban J connectivity index is 1.50. The second kappa shape index (κ2) is 8.89. The van der Waals surface area contributed by atoms with Crippen LogP contribution in [0.4, 0.5) is 14.9 Å². The van der Waals surface area contributed by atoms with Crippen molar-refractivity contribution in [3.05, 3.63) is 99.9 Å². The quantitative estimate of drug-likeness (QED) is 0.349. The number of amides is 2. The maximum Gasteiger partial charge on any atom is 0.323 e. The largest absolute Gasteiger partial charge is 0.497 e. The van der Waals surface area contributed by atoms with Gasteiger partial charge >= 0.3 is 6.03 Å². The highest BCUT2D eigenvalue weighted by atomic mass is 32.1. The summed E-state index contributed by atoms with van der Waals surface area (Å²) in [5.41, 5.74) is 4.75. The second-order valence-electron chi connectivity index (χ2n) is 9.01. The zero-order chi connectivity index (χ0) is 23.9. The molecule has 2 aliphatic rings. The number of nitrogens with zero attached hydrogens (tertiary/aromatic N) is 2. The number of hydrogen-bond acceptors (Lipinski definition) is 3. The van der Waals surface area contributed by atoms with Crippen molar-refractivity contribution in [2.45, 2.75) is 38.3 Å². The Labute approximate surface area is 207 Å². The number of anilines is 1. The number of thiophene rings is 1. The minimum Gasteiger partial charge on any atom is -0.497 e. The fraction of sp³-hybridized carbons (Fsp3) is 0.250. The van der Waals surface area contributed by atoms with Crippen molar-refractivity contribution in [3.8, 4) is 10.8 Å². The van der Waals surface area contributed by atoms with E-state index in [1.54, 1.807) is 25.3 Å². The van der Waals surface area contributed by atoms with Crippen LogP contribution in [0.25, 0.3) is 5.00 Å². The number of hydrogen-bond donors (Lipinski definition) is 1. The highest BCUT2D eigenvalue weighted by Crippen LogP contribution is 2.44. The van der Waals surface area contributed by atoms with Gasteiger partial charge in [0.15, 0.2) is 0 Å². The first-order valence-corrected chi connectivity index (χ1v) is 12.7. The molecule has 0 saturated heterocycles. The summed E-state index contributed by atoms with van der Waals surface area (Å²) in [6.07, 6.45) is 6.58. The Morgan fingerprint density at radius 3 is 2.63 bits per heavy atom. The standard InChI is InChI=1S/C28H26FN3O2S/c1-34-19-14-12-18(13-15-19)26-24-10-6-16-31(24)27-21(20-7-2-5-11-25(20)35-27)17-32(26)28(33)30-23-9-4-3-8-22(23)29/h3-4,6,8-10,12-16,26H,2,5,7,11,17H2,1H3,(H,30,33)/t26-/m0/s1. The molecule has 1 atom stereocenters. The molecule has 6 rings (SSSR count). The number of ether oxygens (including phenoxy) is 1. The number of aryl methyl sites for hydroxylation is 1. The number of para-hydroxylation sites is 1. The topological polar surface area (TPSA) is 46.5 Å². The van der Waals surface area contributed by atoms with Crippen molar-refractivity contribution < 1.29 is 13.9 Å². The minimum absolute atomic E-state index is 0.179. The summed E-state index contributed by atoms with van der Waals surface area (Å²) in [7, 11) is 1.64. The summed E-state index contributed by atoms with van der Waals surface area (Å²) in [5.74, 6) is 0.307. The molecule has 1 aliphatic carbocycles. The summed E-state index contributed by atoms with van der Waals surface area (Å²) in [5, 5.41) is 4.03. The third kappa shape index (κ3) is 3.80. The molecule has 1 N–H and O–H groups in total. The number of urea groups is 1. The number of benzene rings is 2. The Kier molecular flexibility index (Phi) is 5.57. The molecule has 2 amide bonds. The molecule has 0 spiro atoms. The van der Waals surface area contributed by atoms with Gasteiger partial charge in [-0.1, -0.05) is 24.3 Å². The van der Waals surface area contributed by atoms with Gasteiger partial charge in [-0.15, -0.1) is 11.3 Å². The van der Waals surface area contributed by atoms with Gasteiger partial charge in [0.1, 0.15) is 16.6 Å². The number of nitrogens with one attached hydrogen (secondary N) is 1. The van der Waals surface area contributed by atoms with Crippen LogP contribution in [0.15, 0.2) is 66.9 Å². The maximum absolute atomic E-state index is 14.5. The summed E-state index contributed by atoms with van der Waals surface area (Å²) in [6, 6.07) is 17.6. The van der Waals surface area contributed by atoms with Crippen LogP contribution >= 0.6 is 11.3 Å². The lowest BCUT2D eigenvalue weighted by Gasteiger charge is -2.31. The van der Waals surface area contributed by atoms with Crippen LogP contribution in [0.3, 0.4) is 0 Å². The van der Waals surface area contributed by atoms with Crippen molar-refractivity contribution >= 4 is 23.1 Å². The Bertz CT molecular complexity index is 1390. The Hall–Kier alpha value is -3.58. The van der Waals surface area contributed by atoms with Crippen LogP contribution in [-0.4, -0.2) is 22.6 Å². The van der Waals surface area contributed by atoms with E-state index in [1.807, 2.05) is 46.6 Å². The van der Waals surface area contributed by atoms with Gasteiger partial charge in [-0.3, -0.25) is 0 Å². The van der Waals surface area contributed by atoms with Crippen molar-refractivity contribution in [2.24, 2.45) is 0 Å². The average Bonchev–Trinajstić information content (AvgIpc) is 3.47. The number of aromatic nitrogens is 1. The molecular weight excluding hydrogens is 461 g/mol. The van der Waals surface area contributed by atoms with Crippen LogP contribution in [0.1, 0.15) is 46.1 Å². The van der Waals surface area contributed by atoms with Crippen LogP contribution in [0.5, 0.6) is 5.75 Å². The normalized spacial score (nSPS) is 16.6. The van der Waals surface area contributed by atoms with E-state index >= 15 is 0 Å². The van der Waals surface area contributed by atoms with Gasteiger partial charge in [0, 0.05) is 16.6 Å². The third-order valence-electron chi connectivity index (χ3n) is 6.99. The molecule has 0 fully saturated rings.